The van der Waals surface area contributed by atoms with Crippen molar-refractivity contribution >= 4 is 55.5 Å². The number of aromatic nitrogens is 1. The number of para-hydroxylation sites is 3. The molecule has 2 aromatic heterocycles. The van der Waals surface area contributed by atoms with Crippen LogP contribution in [-0.2, 0) is 0 Å². The van der Waals surface area contributed by atoms with E-state index in [0.717, 1.165) is 22.3 Å². The topological polar surface area (TPSA) is 35.1 Å². The first-order valence-corrected chi connectivity index (χ1v) is 16.5. The van der Waals surface area contributed by atoms with E-state index in [1.165, 1.54) is 48.4 Å². The average molecular weight is 620 g/mol. The molecule has 10 rings (SSSR count). The molecule has 3 heterocycles. The summed E-state index contributed by atoms with van der Waals surface area (Å²) in [6.07, 6.45) is 0. The van der Waals surface area contributed by atoms with Crippen LogP contribution in [-0.4, -0.2) is 4.57 Å². The molecule has 0 amide bonds. The first-order chi connectivity index (χ1) is 23.2. The summed E-state index contributed by atoms with van der Waals surface area (Å²) in [5.41, 5.74) is 11.6. The molecule has 4 heteroatoms. The largest absolute Gasteiger partial charge is 0.456 e. The van der Waals surface area contributed by atoms with Gasteiger partial charge in [-0.1, -0.05) is 96.7 Å². The molecule has 0 fully saturated rings. The summed E-state index contributed by atoms with van der Waals surface area (Å²) in [5, 5.41) is 3.73. The van der Waals surface area contributed by atoms with Gasteiger partial charge in [-0.15, -0.1) is 0 Å². The third kappa shape index (κ3) is 4.05. The molecule has 0 saturated heterocycles. The first-order valence-electron chi connectivity index (χ1n) is 15.7. The van der Waals surface area contributed by atoms with E-state index in [2.05, 4.69) is 114 Å². The molecule has 220 valence electrons. The van der Waals surface area contributed by atoms with Crippen LogP contribution < -0.4 is 5.43 Å². The summed E-state index contributed by atoms with van der Waals surface area (Å²) in [6, 6.07) is 52.8. The molecule has 0 unspecified atom stereocenters. The van der Waals surface area contributed by atoms with Crippen molar-refractivity contribution in [1.82, 2.24) is 4.57 Å². The number of fused-ring (bicyclic) bond motifs is 7. The number of nitrogens with zero attached hydrogens (tertiary/aromatic N) is 1. The van der Waals surface area contributed by atoms with E-state index in [0.29, 0.717) is 21.9 Å². The Bertz CT molecular complexity index is 2810. The van der Waals surface area contributed by atoms with E-state index < -0.39 is 0 Å². The molecule has 3 nitrogen and oxygen atoms in total. The van der Waals surface area contributed by atoms with Gasteiger partial charge in [-0.05, 0) is 100 Å². The van der Waals surface area contributed by atoms with E-state index in [4.69, 9.17) is 4.42 Å². The van der Waals surface area contributed by atoms with Crippen LogP contribution in [0.25, 0.3) is 82.8 Å². The van der Waals surface area contributed by atoms with Gasteiger partial charge < -0.3 is 8.98 Å². The molecule has 1 aliphatic rings. The predicted octanol–water partition coefficient (Wildman–Crippen LogP) is 11.5. The van der Waals surface area contributed by atoms with Crippen LogP contribution in [0.15, 0.2) is 171 Å². The molecule has 9 aromatic rings. The summed E-state index contributed by atoms with van der Waals surface area (Å²) in [6.45, 7) is 0. The van der Waals surface area contributed by atoms with Gasteiger partial charge in [0.25, 0.3) is 0 Å². The Labute approximate surface area is 274 Å². The van der Waals surface area contributed by atoms with Crippen LogP contribution in [0.1, 0.15) is 0 Å². The second-order valence-electron chi connectivity index (χ2n) is 12.1. The number of hydrogen-bond donors (Lipinski definition) is 0. The zero-order valence-corrected chi connectivity index (χ0v) is 25.9. The Hall–Kier alpha value is -5.84. The van der Waals surface area contributed by atoms with Gasteiger partial charge in [0.1, 0.15) is 11.2 Å². The normalized spacial score (nSPS) is 12.3. The van der Waals surface area contributed by atoms with E-state index in [1.54, 1.807) is 0 Å². The predicted molar refractivity (Wildman–Crippen MR) is 195 cm³/mol. The fourth-order valence-corrected chi connectivity index (χ4v) is 8.23. The first kappa shape index (κ1) is 26.4. The molecular formula is C43H25NO2S. The third-order valence-corrected chi connectivity index (χ3v) is 10.5. The lowest BCUT2D eigenvalue weighted by atomic mass is 9.95. The minimum atomic E-state index is -0.00607. The van der Waals surface area contributed by atoms with Crippen molar-refractivity contribution in [2.24, 2.45) is 0 Å². The van der Waals surface area contributed by atoms with E-state index in [1.807, 2.05) is 54.2 Å². The molecule has 1 aliphatic heterocycles. The van der Waals surface area contributed by atoms with Crippen molar-refractivity contribution in [3.8, 4) is 39.1 Å². The molecule has 47 heavy (non-hydrogen) atoms. The molecule has 0 aliphatic carbocycles. The minimum Gasteiger partial charge on any atom is -0.456 e. The highest BCUT2D eigenvalue weighted by Gasteiger charge is 2.22. The summed E-state index contributed by atoms with van der Waals surface area (Å²) < 4.78 is 8.47. The molecule has 0 spiro atoms. The molecule has 0 bridgehead atoms. The summed E-state index contributed by atoms with van der Waals surface area (Å²) in [4.78, 5) is 15.9. The third-order valence-electron chi connectivity index (χ3n) is 9.38. The van der Waals surface area contributed by atoms with Crippen molar-refractivity contribution in [3.63, 3.8) is 0 Å². The maximum absolute atomic E-state index is 13.3. The second kappa shape index (κ2) is 10.1. The highest BCUT2D eigenvalue weighted by molar-refractivity contribution is 7.99. The van der Waals surface area contributed by atoms with Gasteiger partial charge in [0.2, 0.25) is 5.43 Å². The molecule has 0 atom stereocenters. The molecule has 0 radical (unpaired) electrons. The van der Waals surface area contributed by atoms with Crippen LogP contribution in [0.4, 0.5) is 0 Å². The van der Waals surface area contributed by atoms with Crippen molar-refractivity contribution in [2.45, 2.75) is 9.79 Å². The fourth-order valence-electron chi connectivity index (χ4n) is 7.14. The Morgan fingerprint density at radius 3 is 1.81 bits per heavy atom. The quantitative estimate of drug-likeness (QED) is 0.185. The van der Waals surface area contributed by atoms with Crippen LogP contribution in [0.2, 0.25) is 0 Å². The summed E-state index contributed by atoms with van der Waals surface area (Å²) >= 11 is 1.85. The maximum Gasteiger partial charge on any atom is 0.200 e. The molecule has 7 aromatic carbocycles. The summed E-state index contributed by atoms with van der Waals surface area (Å²) in [5.74, 6) is 0. The van der Waals surface area contributed by atoms with Crippen molar-refractivity contribution in [1.29, 1.82) is 0 Å². The highest BCUT2D eigenvalue weighted by atomic mass is 32.2. The number of hydrogen-bond acceptors (Lipinski definition) is 3. The lowest BCUT2D eigenvalue weighted by Gasteiger charge is -2.19. The van der Waals surface area contributed by atoms with E-state index in [9.17, 15) is 4.79 Å². The zero-order chi connectivity index (χ0) is 31.1. The molecule has 0 N–H and O–H groups in total. The highest BCUT2D eigenvalue weighted by Crippen LogP contribution is 2.47. The Morgan fingerprint density at radius 2 is 1.02 bits per heavy atom. The number of rotatable bonds is 3. The van der Waals surface area contributed by atoms with Crippen molar-refractivity contribution in [2.75, 3.05) is 0 Å². The van der Waals surface area contributed by atoms with Gasteiger partial charge >= 0.3 is 0 Å². The van der Waals surface area contributed by atoms with Crippen LogP contribution in [0.5, 0.6) is 0 Å². The van der Waals surface area contributed by atoms with Gasteiger partial charge in [0.15, 0.2) is 0 Å². The van der Waals surface area contributed by atoms with Gasteiger partial charge in [0, 0.05) is 20.6 Å². The SMILES string of the molecule is O=c1c2ccccc2oc2ccc(-c3cccc(-c4cccc(-c5ccc6c(c5)c5cccc7c5n6-c5ccccc5S7)c4)c3)cc12. The fraction of sp³-hybridized carbons (Fsp3) is 0. The van der Waals surface area contributed by atoms with Crippen molar-refractivity contribution in [3.05, 3.63) is 162 Å². The lowest BCUT2D eigenvalue weighted by molar-refractivity contribution is 0.660. The van der Waals surface area contributed by atoms with Crippen LogP contribution in [0, 0.1) is 0 Å². The smallest absolute Gasteiger partial charge is 0.200 e. The number of benzene rings is 7. The maximum atomic E-state index is 13.3. The molecular weight excluding hydrogens is 595 g/mol. The second-order valence-corrected chi connectivity index (χ2v) is 13.2. The summed E-state index contributed by atoms with van der Waals surface area (Å²) in [7, 11) is 0. The van der Waals surface area contributed by atoms with Gasteiger partial charge in [-0.25, -0.2) is 0 Å². The Balaban J connectivity index is 1.06. The zero-order valence-electron chi connectivity index (χ0n) is 25.1. The van der Waals surface area contributed by atoms with E-state index in [-0.39, 0.29) is 5.43 Å². The standard InChI is InChI=1S/C43H25NO2S/c45-43-33-12-1-3-15-38(33)46-39-21-19-31(25-35(39)43)29-11-6-9-27(23-29)26-8-5-10-28(22-26)30-18-20-36-34(24-30)32-13-7-17-41-42(32)44(36)37-14-2-4-16-40(37)47-41/h1-25H. The van der Waals surface area contributed by atoms with Gasteiger partial charge in [-0.2, -0.15) is 0 Å². The molecule has 0 saturated carbocycles. The average Bonchev–Trinajstić information content (AvgIpc) is 3.47. The van der Waals surface area contributed by atoms with Gasteiger partial charge in [0.05, 0.1) is 27.5 Å². The lowest BCUT2D eigenvalue weighted by Crippen LogP contribution is -2.01. The van der Waals surface area contributed by atoms with Crippen LogP contribution >= 0.6 is 11.8 Å². The van der Waals surface area contributed by atoms with E-state index >= 15 is 0 Å². The monoisotopic (exact) mass is 619 g/mol. The van der Waals surface area contributed by atoms with Gasteiger partial charge in [-0.3, -0.25) is 4.79 Å². The Morgan fingerprint density at radius 1 is 0.447 bits per heavy atom. The van der Waals surface area contributed by atoms with Crippen molar-refractivity contribution < 1.29 is 4.42 Å². The minimum absolute atomic E-state index is 0.00607. The Kier molecular flexibility index (Phi) is 5.66. The van der Waals surface area contributed by atoms with Crippen LogP contribution in [0.3, 0.4) is 0 Å².